The molecule has 1 amide bonds. The Kier molecular flexibility index (Phi) is 5.61. The third kappa shape index (κ3) is 4.32. The van der Waals surface area contributed by atoms with Gasteiger partial charge in [0.1, 0.15) is 0 Å². The molecule has 3 nitrogen and oxygen atoms in total. The van der Waals surface area contributed by atoms with E-state index in [1.807, 2.05) is 42.5 Å². The first-order valence-electron chi connectivity index (χ1n) is 8.99. The molecule has 1 N–H and O–H groups in total. The predicted octanol–water partition coefficient (Wildman–Crippen LogP) is 6.97. The average Bonchev–Trinajstić information content (AvgIpc) is 2.76. The highest BCUT2D eigenvalue weighted by Crippen LogP contribution is 2.31. The normalized spacial score (nSPS) is 10.6. The summed E-state index contributed by atoms with van der Waals surface area (Å²) in [5.41, 5.74) is 4.93. The monoisotopic (exact) mass is 418 g/mol. The zero-order valence-electron chi connectivity index (χ0n) is 15.3. The van der Waals surface area contributed by atoms with Crippen molar-refractivity contribution in [3.63, 3.8) is 0 Å². The van der Waals surface area contributed by atoms with Crippen molar-refractivity contribution in [1.29, 1.82) is 0 Å². The van der Waals surface area contributed by atoms with Gasteiger partial charge < -0.3 is 5.32 Å². The average molecular weight is 419 g/mol. The van der Waals surface area contributed by atoms with Crippen LogP contribution in [0.1, 0.15) is 10.4 Å². The van der Waals surface area contributed by atoms with Crippen LogP contribution in [0.25, 0.3) is 22.3 Å². The number of benzene rings is 3. The Balaban J connectivity index is 1.62. The zero-order valence-corrected chi connectivity index (χ0v) is 16.8. The van der Waals surface area contributed by atoms with E-state index < -0.39 is 0 Å². The lowest BCUT2D eigenvalue weighted by Crippen LogP contribution is -2.12. The third-order valence-electron chi connectivity index (χ3n) is 4.54. The lowest BCUT2D eigenvalue weighted by Gasteiger charge is -2.10. The number of amides is 1. The van der Waals surface area contributed by atoms with Crippen molar-refractivity contribution < 1.29 is 4.79 Å². The van der Waals surface area contributed by atoms with Gasteiger partial charge in [-0.25, -0.2) is 4.98 Å². The van der Waals surface area contributed by atoms with Crippen LogP contribution in [-0.4, -0.2) is 10.9 Å². The molecule has 4 rings (SSSR count). The molecule has 3 aromatic carbocycles. The number of anilines is 1. The Morgan fingerprint density at radius 1 is 0.759 bits per heavy atom. The second kappa shape index (κ2) is 8.48. The molecule has 0 spiro atoms. The van der Waals surface area contributed by atoms with E-state index in [1.54, 1.807) is 36.5 Å². The largest absolute Gasteiger partial charge is 0.319 e. The van der Waals surface area contributed by atoms with Crippen molar-refractivity contribution in [2.75, 3.05) is 5.32 Å². The summed E-state index contributed by atoms with van der Waals surface area (Å²) >= 11 is 12.4. The van der Waals surface area contributed by atoms with Crippen LogP contribution in [0.4, 0.5) is 5.69 Å². The van der Waals surface area contributed by atoms with Gasteiger partial charge in [-0.3, -0.25) is 4.79 Å². The summed E-state index contributed by atoms with van der Waals surface area (Å²) < 4.78 is 0. The van der Waals surface area contributed by atoms with E-state index in [4.69, 9.17) is 23.2 Å². The van der Waals surface area contributed by atoms with E-state index in [-0.39, 0.29) is 11.1 Å². The second-order valence-corrected chi connectivity index (χ2v) is 7.20. The Morgan fingerprint density at radius 3 is 2.17 bits per heavy atom. The van der Waals surface area contributed by atoms with Crippen LogP contribution in [-0.2, 0) is 0 Å². The standard InChI is InChI=1S/C24H16Cl2N2O/c25-21-13-12-19(24(29)28-22-7-4-14-27-23(22)26)15-20(21)18-10-8-17(9-11-18)16-5-2-1-3-6-16/h1-15H,(H,28,29). The summed E-state index contributed by atoms with van der Waals surface area (Å²) in [4.78, 5) is 16.6. The van der Waals surface area contributed by atoms with Gasteiger partial charge in [0, 0.05) is 22.3 Å². The highest BCUT2D eigenvalue weighted by Gasteiger charge is 2.12. The number of hydrogen-bond donors (Lipinski definition) is 1. The number of hydrogen-bond acceptors (Lipinski definition) is 2. The number of carbonyl (C=O) groups is 1. The molecule has 142 valence electrons. The van der Waals surface area contributed by atoms with Gasteiger partial charge in [-0.05, 0) is 47.0 Å². The van der Waals surface area contributed by atoms with Crippen molar-refractivity contribution in [3.05, 3.63) is 107 Å². The van der Waals surface area contributed by atoms with Crippen LogP contribution in [0.15, 0.2) is 91.1 Å². The second-order valence-electron chi connectivity index (χ2n) is 6.43. The first kappa shape index (κ1) is 19.2. The molecule has 0 aliphatic carbocycles. The molecule has 1 aromatic heterocycles. The molecule has 0 aliphatic heterocycles. The van der Waals surface area contributed by atoms with E-state index in [0.717, 1.165) is 22.3 Å². The minimum Gasteiger partial charge on any atom is -0.319 e. The van der Waals surface area contributed by atoms with E-state index in [0.29, 0.717) is 16.3 Å². The van der Waals surface area contributed by atoms with Gasteiger partial charge in [-0.2, -0.15) is 0 Å². The van der Waals surface area contributed by atoms with Gasteiger partial charge >= 0.3 is 0 Å². The van der Waals surface area contributed by atoms with Crippen LogP contribution in [0.3, 0.4) is 0 Å². The van der Waals surface area contributed by atoms with Gasteiger partial charge in [0.05, 0.1) is 5.69 Å². The maximum Gasteiger partial charge on any atom is 0.255 e. The molecule has 4 aromatic rings. The first-order valence-corrected chi connectivity index (χ1v) is 9.75. The number of halogens is 2. The summed E-state index contributed by atoms with van der Waals surface area (Å²) in [5.74, 6) is -0.279. The highest BCUT2D eigenvalue weighted by atomic mass is 35.5. The van der Waals surface area contributed by atoms with Crippen LogP contribution in [0.5, 0.6) is 0 Å². The summed E-state index contributed by atoms with van der Waals surface area (Å²) in [6.07, 6.45) is 1.57. The molecular formula is C24H16Cl2N2O. The number of aromatic nitrogens is 1. The number of pyridine rings is 1. The van der Waals surface area contributed by atoms with Crippen molar-refractivity contribution in [1.82, 2.24) is 4.98 Å². The van der Waals surface area contributed by atoms with Crippen molar-refractivity contribution in [2.45, 2.75) is 0 Å². The smallest absolute Gasteiger partial charge is 0.255 e. The third-order valence-corrected chi connectivity index (χ3v) is 5.17. The summed E-state index contributed by atoms with van der Waals surface area (Å²) in [5, 5.41) is 3.60. The lowest BCUT2D eigenvalue weighted by molar-refractivity contribution is 0.102. The quantitative estimate of drug-likeness (QED) is 0.363. The first-order chi connectivity index (χ1) is 14.1. The fourth-order valence-corrected chi connectivity index (χ4v) is 3.43. The number of carbonyl (C=O) groups excluding carboxylic acids is 1. The molecule has 0 saturated heterocycles. The molecule has 0 saturated carbocycles. The predicted molar refractivity (Wildman–Crippen MR) is 120 cm³/mol. The molecule has 0 atom stereocenters. The van der Waals surface area contributed by atoms with Gasteiger partial charge in [-0.15, -0.1) is 0 Å². The minimum absolute atomic E-state index is 0.242. The Labute approximate surface area is 179 Å². The molecule has 5 heteroatoms. The van der Waals surface area contributed by atoms with Crippen molar-refractivity contribution >= 4 is 34.8 Å². The van der Waals surface area contributed by atoms with Crippen LogP contribution in [0.2, 0.25) is 10.2 Å². The highest BCUT2D eigenvalue weighted by molar-refractivity contribution is 6.34. The minimum atomic E-state index is -0.279. The fourth-order valence-electron chi connectivity index (χ4n) is 3.03. The molecule has 0 unspecified atom stereocenters. The van der Waals surface area contributed by atoms with E-state index >= 15 is 0 Å². The van der Waals surface area contributed by atoms with E-state index in [1.165, 1.54) is 0 Å². The van der Waals surface area contributed by atoms with Gasteiger partial charge in [-0.1, -0.05) is 77.8 Å². The summed E-state index contributed by atoms with van der Waals surface area (Å²) in [6.45, 7) is 0. The van der Waals surface area contributed by atoms with E-state index in [9.17, 15) is 4.79 Å². The zero-order chi connectivity index (χ0) is 20.2. The Morgan fingerprint density at radius 2 is 1.45 bits per heavy atom. The topological polar surface area (TPSA) is 42.0 Å². The SMILES string of the molecule is O=C(Nc1cccnc1Cl)c1ccc(Cl)c(-c2ccc(-c3ccccc3)cc2)c1. The molecule has 0 fully saturated rings. The van der Waals surface area contributed by atoms with Gasteiger partial charge in [0.15, 0.2) is 5.15 Å². The molecular weight excluding hydrogens is 403 g/mol. The number of nitrogens with one attached hydrogen (secondary N) is 1. The summed E-state index contributed by atoms with van der Waals surface area (Å²) in [6, 6.07) is 26.8. The maximum atomic E-state index is 12.7. The van der Waals surface area contributed by atoms with Crippen molar-refractivity contribution in [2.24, 2.45) is 0 Å². The maximum absolute atomic E-state index is 12.7. The van der Waals surface area contributed by atoms with Gasteiger partial charge in [0.2, 0.25) is 0 Å². The molecule has 29 heavy (non-hydrogen) atoms. The van der Waals surface area contributed by atoms with Crippen molar-refractivity contribution in [3.8, 4) is 22.3 Å². The van der Waals surface area contributed by atoms with Gasteiger partial charge in [0.25, 0.3) is 5.91 Å². The number of rotatable bonds is 4. The molecule has 0 aliphatic rings. The van der Waals surface area contributed by atoms with Crippen LogP contribution >= 0.6 is 23.2 Å². The lowest BCUT2D eigenvalue weighted by atomic mass is 9.99. The number of nitrogens with zero attached hydrogens (tertiary/aromatic N) is 1. The molecule has 1 heterocycles. The Bertz CT molecular complexity index is 1160. The molecule has 0 bridgehead atoms. The fraction of sp³-hybridized carbons (Fsp3) is 0. The van der Waals surface area contributed by atoms with Crippen LogP contribution in [0, 0.1) is 0 Å². The van der Waals surface area contributed by atoms with E-state index in [2.05, 4.69) is 22.4 Å². The summed E-state index contributed by atoms with van der Waals surface area (Å²) in [7, 11) is 0. The molecule has 0 radical (unpaired) electrons. The van der Waals surface area contributed by atoms with Crippen LogP contribution < -0.4 is 5.32 Å². The Hall–Kier alpha value is -3.14.